The van der Waals surface area contributed by atoms with Gasteiger partial charge in [0.15, 0.2) is 0 Å². The predicted octanol–water partition coefficient (Wildman–Crippen LogP) is 0.230. The van der Waals surface area contributed by atoms with Crippen LogP contribution in [0.1, 0.15) is 69.2 Å². The minimum atomic E-state index is 0. The molecule has 0 saturated carbocycles. The van der Waals surface area contributed by atoms with E-state index >= 15 is 0 Å². The molecule has 0 saturated heterocycles. The van der Waals surface area contributed by atoms with Gasteiger partial charge in [0.05, 0.1) is 0 Å². The molecule has 0 nitrogen and oxygen atoms in total. The van der Waals surface area contributed by atoms with Crippen LogP contribution in [0.15, 0.2) is 33.4 Å². The molecule has 0 amide bonds. The molecule has 0 N–H and O–H groups in total. The number of hydrogen-bond acceptors (Lipinski definition) is 0. The summed E-state index contributed by atoms with van der Waals surface area (Å²) in [5, 5.41) is 0. The van der Waals surface area contributed by atoms with Gasteiger partial charge in [0, 0.05) is 0 Å². The summed E-state index contributed by atoms with van der Waals surface area (Å²) in [6.07, 6.45) is 6.87. The van der Waals surface area contributed by atoms with Crippen LogP contribution in [-0.4, -0.2) is 0 Å². The summed E-state index contributed by atoms with van der Waals surface area (Å²) in [7, 11) is 0. The molecule has 0 aliphatic heterocycles. The normalized spacial score (nSPS) is 20.4. The molecule has 2 aliphatic carbocycles. The van der Waals surface area contributed by atoms with Gasteiger partial charge in [0.25, 0.3) is 0 Å². The zero-order chi connectivity index (χ0) is 15.9. The molecular weight excluding hydrogens is 362 g/mol. The fraction of sp³-hybridized carbons (Fsp3) is 0.600. The summed E-state index contributed by atoms with van der Waals surface area (Å²) in [6, 6.07) is 0. The van der Waals surface area contributed by atoms with Gasteiger partial charge in [-0.15, -0.1) is 13.8 Å². The smallest absolute Gasteiger partial charge is 1.00 e. The van der Waals surface area contributed by atoms with Crippen molar-refractivity contribution >= 4 is 0 Å². The Morgan fingerprint density at radius 1 is 0.565 bits per heavy atom. The maximum Gasteiger partial charge on any atom is 4.00 e. The van der Waals surface area contributed by atoms with Gasteiger partial charge in [0.1, 0.15) is 0 Å². The minimum absolute atomic E-state index is 0. The molecule has 1 radical (unpaired) electrons. The second-order valence-corrected chi connectivity index (χ2v) is 7.25. The first-order valence-electron chi connectivity index (χ1n) is 7.50. The molecule has 129 valence electrons. The maximum atomic E-state index is 3.44. The van der Waals surface area contributed by atoms with Crippen molar-refractivity contribution in [2.45, 2.75) is 69.2 Å². The fourth-order valence-corrected chi connectivity index (χ4v) is 2.81. The fourth-order valence-electron chi connectivity index (χ4n) is 2.81. The van der Waals surface area contributed by atoms with Gasteiger partial charge in [-0.25, -0.2) is 11.1 Å². The van der Waals surface area contributed by atoms with Crippen molar-refractivity contribution in [3.63, 3.8) is 0 Å². The summed E-state index contributed by atoms with van der Waals surface area (Å²) in [5.74, 6) is 0. The van der Waals surface area contributed by atoms with Crippen LogP contribution in [0.5, 0.6) is 0 Å². The number of halogens is 2. The van der Waals surface area contributed by atoms with Crippen LogP contribution in [0.3, 0.4) is 0 Å². The third-order valence-corrected chi connectivity index (χ3v) is 5.12. The Kier molecular flexibility index (Phi) is 11.6. The largest absolute Gasteiger partial charge is 4.00 e. The molecule has 0 spiro atoms. The van der Waals surface area contributed by atoms with Crippen molar-refractivity contribution in [2.75, 3.05) is 0 Å². The molecule has 0 aromatic heterocycles. The Morgan fingerprint density at radius 2 is 0.783 bits per heavy atom. The van der Waals surface area contributed by atoms with E-state index in [1.165, 1.54) is 33.4 Å². The van der Waals surface area contributed by atoms with E-state index in [1.54, 1.807) is 0 Å². The Balaban J connectivity index is -0.000000308. The Hall–Kier alpha value is 0.124. The van der Waals surface area contributed by atoms with E-state index in [-0.39, 0.29) is 54.2 Å². The van der Waals surface area contributed by atoms with Crippen LogP contribution in [-0.2, 0) is 18.6 Å². The second-order valence-electron chi connectivity index (χ2n) is 7.25. The SMILES string of the molecule is CC1=[C-]C(C)(C)C(C)=C1C.CC1=[C-]C(C)(C)C(C)=C1C.[Cl-].[Cl-].[V+4]. The molecule has 0 unspecified atom stereocenters. The molecule has 2 rings (SSSR count). The van der Waals surface area contributed by atoms with Crippen molar-refractivity contribution in [1.82, 2.24) is 0 Å². The summed E-state index contributed by atoms with van der Waals surface area (Å²) in [5.41, 5.74) is 8.79. The molecule has 0 heterocycles. The first-order chi connectivity index (χ1) is 8.90. The number of hydrogen-bond donors (Lipinski definition) is 0. The second kappa shape index (κ2) is 9.57. The first-order valence-corrected chi connectivity index (χ1v) is 7.50. The third kappa shape index (κ3) is 6.16. The van der Waals surface area contributed by atoms with E-state index in [1.807, 2.05) is 0 Å². The predicted molar refractivity (Wildman–Crippen MR) is 89.2 cm³/mol. The Labute approximate surface area is 168 Å². The molecule has 0 fully saturated rings. The van der Waals surface area contributed by atoms with Gasteiger partial charge in [-0.2, -0.15) is 22.3 Å². The van der Waals surface area contributed by atoms with Gasteiger partial charge in [0.2, 0.25) is 0 Å². The first kappa shape index (κ1) is 27.9. The van der Waals surface area contributed by atoms with Crippen molar-refractivity contribution in [3.05, 3.63) is 45.6 Å². The summed E-state index contributed by atoms with van der Waals surface area (Å²) >= 11 is 0. The van der Waals surface area contributed by atoms with E-state index < -0.39 is 0 Å². The quantitative estimate of drug-likeness (QED) is 0.518. The summed E-state index contributed by atoms with van der Waals surface area (Å²) in [6.45, 7) is 21.8. The van der Waals surface area contributed by atoms with Crippen molar-refractivity contribution < 1.29 is 43.4 Å². The molecule has 2 aliphatic rings. The molecule has 0 atom stereocenters. The average molecular weight is 392 g/mol. The minimum Gasteiger partial charge on any atom is -1.00 e. The molecular formula is C20H30Cl2V. The van der Waals surface area contributed by atoms with Crippen LogP contribution in [0.2, 0.25) is 0 Å². The van der Waals surface area contributed by atoms with E-state index in [4.69, 9.17) is 0 Å². The summed E-state index contributed by atoms with van der Waals surface area (Å²) in [4.78, 5) is 0. The van der Waals surface area contributed by atoms with Crippen LogP contribution < -0.4 is 24.8 Å². The monoisotopic (exact) mass is 391 g/mol. The molecule has 0 aromatic carbocycles. The Morgan fingerprint density at radius 3 is 0.826 bits per heavy atom. The van der Waals surface area contributed by atoms with Crippen LogP contribution in [0, 0.1) is 23.0 Å². The number of allylic oxidation sites excluding steroid dienone is 8. The van der Waals surface area contributed by atoms with Crippen molar-refractivity contribution in [1.29, 1.82) is 0 Å². The standard InChI is InChI=1S/2C10H15.2ClH.V/c2*1-7-6-10(4,5)9(3)8(7)2;;;/h2*1-5H3;2*1H;/q2*-1;;;+4/p-2. The van der Waals surface area contributed by atoms with Crippen LogP contribution in [0.25, 0.3) is 0 Å². The van der Waals surface area contributed by atoms with Gasteiger partial charge in [-0.05, 0) is 0 Å². The topological polar surface area (TPSA) is 0 Å². The van der Waals surface area contributed by atoms with Crippen LogP contribution >= 0.6 is 0 Å². The number of rotatable bonds is 0. The van der Waals surface area contributed by atoms with Crippen molar-refractivity contribution in [3.8, 4) is 0 Å². The van der Waals surface area contributed by atoms with E-state index in [2.05, 4.69) is 81.4 Å². The van der Waals surface area contributed by atoms with Gasteiger partial charge >= 0.3 is 18.6 Å². The molecule has 23 heavy (non-hydrogen) atoms. The van der Waals surface area contributed by atoms with E-state index in [0.717, 1.165) is 0 Å². The van der Waals surface area contributed by atoms with Gasteiger partial charge in [-0.1, -0.05) is 66.2 Å². The van der Waals surface area contributed by atoms with Crippen molar-refractivity contribution in [2.24, 2.45) is 10.8 Å². The molecule has 3 heteroatoms. The van der Waals surface area contributed by atoms with E-state index in [9.17, 15) is 0 Å². The maximum absolute atomic E-state index is 3.44. The van der Waals surface area contributed by atoms with Crippen LogP contribution in [0.4, 0.5) is 0 Å². The third-order valence-electron chi connectivity index (χ3n) is 5.12. The Bertz CT molecular complexity index is 494. The molecule has 0 bridgehead atoms. The molecule has 0 aromatic rings. The zero-order valence-corrected chi connectivity index (χ0v) is 19.1. The van der Waals surface area contributed by atoms with Gasteiger partial charge in [-0.3, -0.25) is 12.2 Å². The average Bonchev–Trinajstić information content (AvgIpc) is 2.60. The zero-order valence-electron chi connectivity index (χ0n) is 16.2. The summed E-state index contributed by atoms with van der Waals surface area (Å²) < 4.78 is 0. The van der Waals surface area contributed by atoms with E-state index in [0.29, 0.717) is 0 Å². The van der Waals surface area contributed by atoms with Gasteiger partial charge < -0.3 is 24.8 Å².